The number of benzene rings is 1. The Bertz CT molecular complexity index is 999. The zero-order chi connectivity index (χ0) is 25.8. The van der Waals surface area contributed by atoms with E-state index in [2.05, 4.69) is 20.1 Å². The van der Waals surface area contributed by atoms with Crippen LogP contribution in [-0.4, -0.2) is 19.8 Å². The molecule has 0 amide bonds. The van der Waals surface area contributed by atoms with Crippen LogP contribution in [0.5, 0.6) is 5.75 Å². The van der Waals surface area contributed by atoms with Gasteiger partial charge in [-0.1, -0.05) is 45.8 Å². The molecular formula is C30H39F3O3. The molecule has 1 saturated carbocycles. The van der Waals surface area contributed by atoms with Crippen molar-refractivity contribution in [2.45, 2.75) is 83.7 Å². The number of allylic oxidation sites excluding steroid dienone is 2. The molecule has 0 spiro atoms. The van der Waals surface area contributed by atoms with Gasteiger partial charge < -0.3 is 14.2 Å². The fraction of sp³-hybridized carbons (Fsp3) is 0.600. The molecule has 3 nitrogen and oxygen atoms in total. The van der Waals surface area contributed by atoms with E-state index in [1.165, 1.54) is 45.6 Å². The molecule has 0 bridgehead atoms. The first-order valence-electron chi connectivity index (χ1n) is 13.4. The lowest BCUT2D eigenvalue weighted by atomic mass is 9.73. The van der Waals surface area contributed by atoms with Crippen molar-refractivity contribution >= 4 is 0 Å². The Hall–Kier alpha value is -2.21. The van der Waals surface area contributed by atoms with Crippen LogP contribution < -0.4 is 4.74 Å². The summed E-state index contributed by atoms with van der Waals surface area (Å²) in [5.74, 6) is -1.47. The molecule has 3 aliphatic rings. The second-order valence-corrected chi connectivity index (χ2v) is 10.7. The Morgan fingerprint density at radius 2 is 1.78 bits per heavy atom. The predicted molar refractivity (Wildman–Crippen MR) is 135 cm³/mol. The van der Waals surface area contributed by atoms with Gasteiger partial charge in [-0.05, 0) is 73.5 Å². The summed E-state index contributed by atoms with van der Waals surface area (Å²) in [5, 5.41) is 0. The van der Waals surface area contributed by atoms with Gasteiger partial charge in [-0.3, -0.25) is 0 Å². The topological polar surface area (TPSA) is 27.7 Å². The predicted octanol–water partition coefficient (Wildman–Crippen LogP) is 8.13. The van der Waals surface area contributed by atoms with Gasteiger partial charge in [0, 0.05) is 12.0 Å². The van der Waals surface area contributed by atoms with Gasteiger partial charge in [-0.2, -0.15) is 8.78 Å². The van der Waals surface area contributed by atoms with E-state index in [9.17, 15) is 13.2 Å². The number of fused-ring (bicyclic) bond motifs is 1. The molecule has 2 unspecified atom stereocenters. The van der Waals surface area contributed by atoms with Gasteiger partial charge in [0.05, 0.1) is 19.8 Å². The minimum absolute atomic E-state index is 0.0612. The summed E-state index contributed by atoms with van der Waals surface area (Å²) in [6, 6.07) is 1.61. The maximum absolute atomic E-state index is 14.9. The van der Waals surface area contributed by atoms with Crippen molar-refractivity contribution in [1.82, 2.24) is 0 Å². The van der Waals surface area contributed by atoms with Gasteiger partial charge in [-0.25, -0.2) is 4.39 Å². The van der Waals surface area contributed by atoms with Crippen LogP contribution in [0.1, 0.15) is 75.8 Å². The third-order valence-corrected chi connectivity index (χ3v) is 8.33. The van der Waals surface area contributed by atoms with Gasteiger partial charge in [-0.15, -0.1) is 0 Å². The number of hydrogen-bond donors (Lipinski definition) is 0. The van der Waals surface area contributed by atoms with E-state index >= 15 is 0 Å². The highest BCUT2D eigenvalue weighted by molar-refractivity contribution is 5.51. The highest BCUT2D eigenvalue weighted by atomic mass is 19.2. The van der Waals surface area contributed by atoms with Crippen LogP contribution in [0.4, 0.5) is 13.2 Å². The maximum Gasteiger partial charge on any atom is 0.207 e. The van der Waals surface area contributed by atoms with E-state index in [0.717, 1.165) is 31.3 Å². The van der Waals surface area contributed by atoms with Crippen molar-refractivity contribution < 1.29 is 27.4 Å². The average Bonchev–Trinajstić information content (AvgIpc) is 2.90. The molecule has 198 valence electrons. The molecule has 1 aromatic carbocycles. The van der Waals surface area contributed by atoms with Crippen LogP contribution in [0.15, 0.2) is 42.1 Å². The zero-order valence-corrected chi connectivity index (χ0v) is 21.6. The number of hydrogen-bond acceptors (Lipinski definition) is 3. The van der Waals surface area contributed by atoms with Crippen molar-refractivity contribution in [2.75, 3.05) is 13.7 Å². The molecule has 36 heavy (non-hydrogen) atoms. The fourth-order valence-corrected chi connectivity index (χ4v) is 6.14. The lowest BCUT2D eigenvalue weighted by Crippen LogP contribution is -2.32. The first-order valence-corrected chi connectivity index (χ1v) is 13.4. The molecule has 1 aliphatic carbocycles. The summed E-state index contributed by atoms with van der Waals surface area (Å²) in [5.41, 5.74) is 1.06. The third-order valence-electron chi connectivity index (χ3n) is 8.33. The number of halogens is 3. The van der Waals surface area contributed by atoms with Gasteiger partial charge in [0.25, 0.3) is 0 Å². The van der Waals surface area contributed by atoms with Crippen LogP contribution in [0.2, 0.25) is 0 Å². The van der Waals surface area contributed by atoms with Gasteiger partial charge in [0.1, 0.15) is 0 Å². The molecular weight excluding hydrogens is 465 g/mol. The lowest BCUT2D eigenvalue weighted by Gasteiger charge is -2.38. The zero-order valence-electron chi connectivity index (χ0n) is 21.6. The molecule has 2 aliphatic heterocycles. The summed E-state index contributed by atoms with van der Waals surface area (Å²) < 4.78 is 60.7. The summed E-state index contributed by atoms with van der Waals surface area (Å²) in [7, 11) is 1.27. The Morgan fingerprint density at radius 3 is 2.42 bits per heavy atom. The van der Waals surface area contributed by atoms with E-state index < -0.39 is 17.5 Å². The second-order valence-electron chi connectivity index (χ2n) is 10.7. The molecule has 2 heterocycles. The number of ether oxygens (including phenoxy) is 3. The molecule has 1 aromatic rings. The summed E-state index contributed by atoms with van der Waals surface area (Å²) in [6.45, 7) is 10.3. The number of methoxy groups -OCH3 is 1. The molecule has 0 N–H and O–H groups in total. The van der Waals surface area contributed by atoms with Gasteiger partial charge >= 0.3 is 0 Å². The molecule has 6 heteroatoms. The number of rotatable bonds is 8. The summed E-state index contributed by atoms with van der Waals surface area (Å²) in [6.07, 6.45) is 11.3. The van der Waals surface area contributed by atoms with E-state index in [4.69, 9.17) is 14.2 Å². The van der Waals surface area contributed by atoms with E-state index in [-0.39, 0.29) is 35.4 Å². The van der Waals surface area contributed by atoms with E-state index in [1.807, 2.05) is 0 Å². The van der Waals surface area contributed by atoms with Crippen molar-refractivity contribution in [3.63, 3.8) is 0 Å². The average molecular weight is 505 g/mol. The molecule has 2 fully saturated rings. The largest absolute Gasteiger partial charge is 0.494 e. The Morgan fingerprint density at radius 1 is 1.06 bits per heavy atom. The van der Waals surface area contributed by atoms with Crippen molar-refractivity contribution in [3.8, 4) is 5.75 Å². The van der Waals surface area contributed by atoms with Crippen LogP contribution >= 0.6 is 0 Å². The molecule has 0 radical (unpaired) electrons. The molecule has 4 rings (SSSR count). The Balaban J connectivity index is 1.34. The van der Waals surface area contributed by atoms with Gasteiger partial charge in [0.2, 0.25) is 11.6 Å². The highest BCUT2D eigenvalue weighted by Crippen LogP contribution is 2.41. The minimum Gasteiger partial charge on any atom is -0.494 e. The second kappa shape index (κ2) is 11.9. The van der Waals surface area contributed by atoms with E-state index in [0.29, 0.717) is 29.9 Å². The normalized spacial score (nSPS) is 27.8. The smallest absolute Gasteiger partial charge is 0.207 e. The summed E-state index contributed by atoms with van der Waals surface area (Å²) in [4.78, 5) is 0. The Labute approximate surface area is 213 Å². The minimum atomic E-state index is -1.10. The van der Waals surface area contributed by atoms with Crippen LogP contribution in [0.3, 0.4) is 0 Å². The lowest BCUT2D eigenvalue weighted by molar-refractivity contribution is -0.0418. The monoisotopic (exact) mass is 504 g/mol. The maximum atomic E-state index is 14.9. The highest BCUT2D eigenvalue weighted by Gasteiger charge is 2.32. The summed E-state index contributed by atoms with van der Waals surface area (Å²) >= 11 is 0. The quantitative estimate of drug-likeness (QED) is 0.335. The first-order chi connectivity index (χ1) is 17.3. The first kappa shape index (κ1) is 26.8. The Kier molecular flexibility index (Phi) is 8.87. The SMILES string of the molecule is C=C(OC)/C(F)=C1/Oc2c(cc(CCC3CCC(C4CCC(CCC)CC4)CO3)c(F)c2F)CC1=C. The molecule has 1 saturated heterocycles. The fourth-order valence-electron chi connectivity index (χ4n) is 6.14. The van der Waals surface area contributed by atoms with Crippen LogP contribution in [0, 0.1) is 29.4 Å². The molecule has 2 atom stereocenters. The van der Waals surface area contributed by atoms with Crippen LogP contribution in [-0.2, 0) is 22.3 Å². The van der Waals surface area contributed by atoms with Gasteiger partial charge in [0.15, 0.2) is 23.1 Å². The third kappa shape index (κ3) is 5.85. The molecule has 0 aromatic heterocycles. The van der Waals surface area contributed by atoms with Crippen molar-refractivity contribution in [3.05, 3.63) is 64.9 Å². The van der Waals surface area contributed by atoms with Crippen molar-refractivity contribution in [1.29, 1.82) is 0 Å². The standard InChI is InChI=1S/C30H39F3O3/c1-5-6-20-7-9-21(10-8-20)23-12-14-25(35-17-23)13-11-22-16-24-15-18(2)29(26(31)19(3)34-4)36-30(24)28(33)27(22)32/h16,20-21,23,25H,2-3,5-15,17H2,1,4H3/b29-26-. The van der Waals surface area contributed by atoms with E-state index in [1.54, 1.807) is 6.07 Å². The van der Waals surface area contributed by atoms with Crippen molar-refractivity contribution in [2.24, 2.45) is 17.8 Å². The van der Waals surface area contributed by atoms with Crippen LogP contribution in [0.25, 0.3) is 0 Å². The number of aryl methyl sites for hydroxylation is 1.